The Bertz CT molecular complexity index is 1710. The molecule has 9 nitrogen and oxygen atoms in total. The minimum atomic E-state index is -3.91. The zero-order valence-corrected chi connectivity index (χ0v) is 29.7. The van der Waals surface area contributed by atoms with E-state index in [-0.39, 0.29) is 35.4 Å². The van der Waals surface area contributed by atoms with Crippen molar-refractivity contribution in [3.8, 4) is 5.75 Å². The summed E-state index contributed by atoms with van der Waals surface area (Å²) in [5.74, 6) is -4.22. The Hall–Kier alpha value is -3.87. The first-order chi connectivity index (χ1) is 23.8. The smallest absolute Gasteiger partial charge is 0.252 e. The van der Waals surface area contributed by atoms with E-state index >= 15 is 0 Å². The molecule has 272 valence electrons. The van der Waals surface area contributed by atoms with Gasteiger partial charge in [0.05, 0.1) is 23.1 Å². The fourth-order valence-electron chi connectivity index (χ4n) is 6.36. The van der Waals surface area contributed by atoms with Crippen LogP contribution in [0.1, 0.15) is 86.3 Å². The van der Waals surface area contributed by atoms with Gasteiger partial charge in [-0.3, -0.25) is 9.59 Å². The van der Waals surface area contributed by atoms with E-state index in [1.165, 1.54) is 29.8 Å². The van der Waals surface area contributed by atoms with Crippen molar-refractivity contribution in [1.29, 1.82) is 0 Å². The van der Waals surface area contributed by atoms with Crippen molar-refractivity contribution < 1.29 is 37.0 Å². The molecule has 3 atom stereocenters. The number of sulfone groups is 1. The molecule has 4 rings (SSSR count). The number of phenols is 1. The van der Waals surface area contributed by atoms with E-state index in [1.54, 1.807) is 0 Å². The zero-order chi connectivity index (χ0) is 36.5. The van der Waals surface area contributed by atoms with Crippen LogP contribution < -0.4 is 16.0 Å². The summed E-state index contributed by atoms with van der Waals surface area (Å²) in [6.07, 6.45) is 3.03. The molecule has 0 heterocycles. The largest absolute Gasteiger partial charge is 0.508 e. The average molecular weight is 714 g/mol. The van der Waals surface area contributed by atoms with Crippen LogP contribution in [0.5, 0.6) is 5.75 Å². The predicted molar refractivity (Wildman–Crippen MR) is 189 cm³/mol. The number of hydrogen-bond donors (Lipinski definition) is 5. The number of aliphatic hydroxyl groups is 1. The van der Waals surface area contributed by atoms with Crippen molar-refractivity contribution in [2.45, 2.75) is 101 Å². The minimum absolute atomic E-state index is 0.00673. The molecule has 12 heteroatoms. The van der Waals surface area contributed by atoms with Crippen LogP contribution in [0.4, 0.5) is 8.78 Å². The highest BCUT2D eigenvalue weighted by molar-refractivity contribution is 7.92. The SMILES string of the molecule is CCCC(CCC)S(=O)(=O)C[C@H](NC(=O)c1cccc(O)c1)C(=O)N[C@@H](Cc1cc(F)cc(F)c1)[C@H](O)CNC1(c2cccc(CC)c2)CC1. The molecule has 0 radical (unpaired) electrons. The number of phenolic OH excluding ortho intramolecular Hbond substituents is 1. The van der Waals surface area contributed by atoms with E-state index in [1.807, 2.05) is 32.0 Å². The number of carbonyl (C=O) groups is 2. The number of aliphatic hydroxyl groups excluding tert-OH is 1. The Morgan fingerprint density at radius 2 is 1.54 bits per heavy atom. The van der Waals surface area contributed by atoms with Gasteiger partial charge in [0, 0.05) is 23.7 Å². The summed E-state index contributed by atoms with van der Waals surface area (Å²) < 4.78 is 55.8. The van der Waals surface area contributed by atoms with Crippen molar-refractivity contribution in [1.82, 2.24) is 16.0 Å². The lowest BCUT2D eigenvalue weighted by molar-refractivity contribution is -0.124. The molecule has 5 N–H and O–H groups in total. The quantitative estimate of drug-likeness (QED) is 0.117. The maximum atomic E-state index is 14.2. The summed E-state index contributed by atoms with van der Waals surface area (Å²) in [6.45, 7) is 5.81. The maximum absolute atomic E-state index is 14.2. The number of hydrogen-bond acceptors (Lipinski definition) is 7. The molecule has 0 aromatic heterocycles. The highest BCUT2D eigenvalue weighted by atomic mass is 32.2. The first-order valence-corrected chi connectivity index (χ1v) is 19.1. The van der Waals surface area contributed by atoms with E-state index in [0.717, 1.165) is 43.0 Å². The second-order valence-corrected chi connectivity index (χ2v) is 15.6. The van der Waals surface area contributed by atoms with Crippen LogP contribution in [-0.4, -0.2) is 66.2 Å². The van der Waals surface area contributed by atoms with Crippen molar-refractivity contribution in [2.24, 2.45) is 0 Å². The Balaban J connectivity index is 1.62. The second-order valence-electron chi connectivity index (χ2n) is 13.3. The van der Waals surface area contributed by atoms with Gasteiger partial charge in [-0.2, -0.15) is 0 Å². The number of halogens is 2. The molecule has 1 saturated carbocycles. The van der Waals surface area contributed by atoms with Crippen molar-refractivity contribution in [3.05, 3.63) is 101 Å². The Kier molecular flexibility index (Phi) is 13.5. The molecule has 3 aromatic rings. The normalized spacial score (nSPS) is 15.7. The van der Waals surface area contributed by atoms with Crippen LogP contribution in [0.25, 0.3) is 0 Å². The summed E-state index contributed by atoms with van der Waals surface area (Å²) in [7, 11) is -3.91. The van der Waals surface area contributed by atoms with E-state index in [4.69, 9.17) is 0 Å². The van der Waals surface area contributed by atoms with Crippen molar-refractivity contribution in [2.75, 3.05) is 12.3 Å². The van der Waals surface area contributed by atoms with Crippen molar-refractivity contribution in [3.63, 3.8) is 0 Å². The highest BCUT2D eigenvalue weighted by Crippen LogP contribution is 2.45. The molecule has 0 aliphatic heterocycles. The summed E-state index contributed by atoms with van der Waals surface area (Å²) in [6, 6.07) is 13.8. The highest BCUT2D eigenvalue weighted by Gasteiger charge is 2.44. The molecule has 1 aliphatic rings. The topological polar surface area (TPSA) is 145 Å². The van der Waals surface area contributed by atoms with Gasteiger partial charge in [0.1, 0.15) is 23.4 Å². The molecule has 50 heavy (non-hydrogen) atoms. The van der Waals surface area contributed by atoms with E-state index in [0.29, 0.717) is 25.7 Å². The average Bonchev–Trinajstić information content (AvgIpc) is 3.87. The first-order valence-electron chi connectivity index (χ1n) is 17.4. The van der Waals surface area contributed by atoms with Gasteiger partial charge in [-0.25, -0.2) is 17.2 Å². The Morgan fingerprint density at radius 1 is 0.880 bits per heavy atom. The summed E-state index contributed by atoms with van der Waals surface area (Å²) in [5, 5.41) is 29.4. The number of aryl methyl sites for hydroxylation is 1. The van der Waals surface area contributed by atoms with Crippen LogP contribution in [0.15, 0.2) is 66.7 Å². The van der Waals surface area contributed by atoms with Gasteiger partial charge in [0.15, 0.2) is 9.84 Å². The van der Waals surface area contributed by atoms with Crippen LogP contribution in [-0.2, 0) is 33.0 Å². The summed E-state index contributed by atoms with van der Waals surface area (Å²) >= 11 is 0. The molecule has 3 aromatic carbocycles. The number of aromatic hydroxyl groups is 1. The monoisotopic (exact) mass is 713 g/mol. The van der Waals surface area contributed by atoms with Gasteiger partial charge in [0.2, 0.25) is 5.91 Å². The van der Waals surface area contributed by atoms with Gasteiger partial charge in [-0.05, 0) is 85.5 Å². The predicted octanol–water partition coefficient (Wildman–Crippen LogP) is 5.08. The standard InChI is InChI=1S/C38H49F2N3O6S/c1-4-9-32(10-5-2)50(48,49)24-34(43-36(46)27-12-8-14-31(44)21-27)37(47)42-33(20-26-18-29(39)22-30(40)19-26)35(45)23-41-38(15-16-38)28-13-7-11-25(6-3)17-28/h7-8,11-14,17-19,21-22,32-35,41,44-45H,4-6,9-10,15-16,20,23-24H2,1-3H3,(H,42,47)(H,43,46)/t33-,34-,35+/m0/s1. The van der Waals surface area contributed by atoms with E-state index in [2.05, 4.69) is 28.9 Å². The molecule has 1 aliphatic carbocycles. The van der Waals surface area contributed by atoms with Crippen molar-refractivity contribution >= 4 is 21.7 Å². The van der Waals surface area contributed by atoms with Crippen LogP contribution in [0.2, 0.25) is 0 Å². The summed E-state index contributed by atoms with van der Waals surface area (Å²) in [5.41, 5.74) is 2.05. The second kappa shape index (κ2) is 17.4. The molecule has 1 fully saturated rings. The molecule has 0 unspecified atom stereocenters. The van der Waals surface area contributed by atoms with Gasteiger partial charge in [0.25, 0.3) is 5.91 Å². The fraction of sp³-hybridized carbons (Fsp3) is 0.474. The maximum Gasteiger partial charge on any atom is 0.252 e. The minimum Gasteiger partial charge on any atom is -0.508 e. The van der Waals surface area contributed by atoms with Gasteiger partial charge in [-0.1, -0.05) is 63.9 Å². The zero-order valence-electron chi connectivity index (χ0n) is 28.9. The molecule has 2 amide bonds. The Labute approximate surface area is 293 Å². The fourth-order valence-corrected chi connectivity index (χ4v) is 8.52. The third-order valence-electron chi connectivity index (χ3n) is 9.32. The molecule has 0 saturated heterocycles. The van der Waals surface area contributed by atoms with Crippen LogP contribution >= 0.6 is 0 Å². The number of amides is 2. The van der Waals surface area contributed by atoms with Gasteiger partial charge < -0.3 is 26.2 Å². The lowest BCUT2D eigenvalue weighted by atomic mass is 9.98. The first kappa shape index (κ1) is 38.9. The Morgan fingerprint density at radius 3 is 2.14 bits per heavy atom. The third-order valence-corrected chi connectivity index (χ3v) is 11.6. The van der Waals surface area contributed by atoms with E-state index < -0.39 is 62.5 Å². The molecule has 0 spiro atoms. The van der Waals surface area contributed by atoms with Crippen LogP contribution in [0, 0.1) is 11.6 Å². The number of benzene rings is 3. The molecular formula is C38H49F2N3O6S. The molecule has 0 bridgehead atoms. The number of rotatable bonds is 19. The number of nitrogens with one attached hydrogen (secondary N) is 3. The lowest BCUT2D eigenvalue weighted by Gasteiger charge is -2.29. The van der Waals surface area contributed by atoms with Crippen LogP contribution in [0.3, 0.4) is 0 Å². The third kappa shape index (κ3) is 10.6. The lowest BCUT2D eigenvalue weighted by Crippen LogP contribution is -2.57. The van der Waals surface area contributed by atoms with Gasteiger partial charge in [-0.15, -0.1) is 0 Å². The van der Waals surface area contributed by atoms with E-state index in [9.17, 15) is 37.0 Å². The van der Waals surface area contributed by atoms with Gasteiger partial charge >= 0.3 is 0 Å². The number of carbonyl (C=O) groups excluding carboxylic acids is 2. The molecular weight excluding hydrogens is 664 g/mol. The summed E-state index contributed by atoms with van der Waals surface area (Å²) in [4.78, 5) is 27.3.